The number of benzene rings is 1. The normalized spacial score (nSPS) is 14.2. The van der Waals surface area contributed by atoms with Gasteiger partial charge in [-0.2, -0.15) is 0 Å². The molecule has 0 aromatic heterocycles. The summed E-state index contributed by atoms with van der Waals surface area (Å²) in [5.74, 6) is 1.70. The van der Waals surface area contributed by atoms with Crippen LogP contribution in [0.3, 0.4) is 0 Å². The molecule has 0 unspecified atom stereocenters. The number of nitrogens with zero attached hydrogens (tertiary/aromatic N) is 1. The Bertz CT molecular complexity index is 458. The van der Waals surface area contributed by atoms with Crippen LogP contribution in [0, 0.1) is 5.92 Å². The quantitative estimate of drug-likeness (QED) is 0.759. The molecule has 1 N–H and O–H groups in total. The van der Waals surface area contributed by atoms with E-state index in [1.807, 2.05) is 24.3 Å². The summed E-state index contributed by atoms with van der Waals surface area (Å²) in [5, 5.41) is 2.94. The first-order valence-corrected chi connectivity index (χ1v) is 7.87. The number of hydrogen-bond donors (Lipinski definition) is 1. The lowest BCUT2D eigenvalue weighted by Crippen LogP contribution is -2.30. The molecule has 4 heteroatoms. The molecular weight excluding hydrogens is 264 g/mol. The molecule has 1 aliphatic rings. The summed E-state index contributed by atoms with van der Waals surface area (Å²) in [6.45, 7) is 5.28. The van der Waals surface area contributed by atoms with Gasteiger partial charge in [-0.25, -0.2) is 0 Å². The van der Waals surface area contributed by atoms with Crippen LogP contribution in [0.2, 0.25) is 0 Å². The van der Waals surface area contributed by atoms with Crippen molar-refractivity contribution < 1.29 is 9.53 Å². The fraction of sp³-hybridized carbons (Fsp3) is 0.588. The molecule has 0 atom stereocenters. The molecule has 0 heterocycles. The van der Waals surface area contributed by atoms with E-state index in [2.05, 4.69) is 17.1 Å². The van der Waals surface area contributed by atoms with Gasteiger partial charge in [-0.3, -0.25) is 4.79 Å². The molecule has 0 aliphatic heterocycles. The van der Waals surface area contributed by atoms with Gasteiger partial charge in [0.05, 0.1) is 7.11 Å². The van der Waals surface area contributed by atoms with Crippen LogP contribution < -0.4 is 10.1 Å². The van der Waals surface area contributed by atoms with Gasteiger partial charge in [0.15, 0.2) is 0 Å². The highest BCUT2D eigenvalue weighted by Gasteiger charge is 2.24. The predicted molar refractivity (Wildman–Crippen MR) is 85.7 cm³/mol. The third kappa shape index (κ3) is 5.76. The average Bonchev–Trinajstić information content (AvgIpc) is 3.29. The van der Waals surface area contributed by atoms with Crippen LogP contribution in [-0.4, -0.2) is 37.6 Å². The Balaban J connectivity index is 1.76. The molecule has 21 heavy (non-hydrogen) atoms. The van der Waals surface area contributed by atoms with Crippen LogP contribution in [-0.2, 0) is 4.79 Å². The number of hydrogen-bond acceptors (Lipinski definition) is 3. The Morgan fingerprint density at radius 3 is 2.86 bits per heavy atom. The second kappa shape index (κ2) is 8.03. The van der Waals surface area contributed by atoms with E-state index < -0.39 is 0 Å². The first-order chi connectivity index (χ1) is 10.2. The molecule has 4 nitrogen and oxygen atoms in total. The van der Waals surface area contributed by atoms with Crippen molar-refractivity contribution in [3.8, 4) is 5.75 Å². The highest BCUT2D eigenvalue weighted by Crippen LogP contribution is 2.29. The molecule has 1 aliphatic carbocycles. The molecule has 0 bridgehead atoms. The predicted octanol–water partition coefficient (Wildman–Crippen LogP) is 3.15. The summed E-state index contributed by atoms with van der Waals surface area (Å²) in [5.41, 5.74) is 0.795. The van der Waals surface area contributed by atoms with E-state index in [1.54, 1.807) is 7.11 Å². The summed E-state index contributed by atoms with van der Waals surface area (Å²) in [6.07, 6.45) is 4.40. The van der Waals surface area contributed by atoms with Crippen molar-refractivity contribution in [3.63, 3.8) is 0 Å². The molecule has 1 amide bonds. The van der Waals surface area contributed by atoms with Crippen molar-refractivity contribution in [1.82, 2.24) is 4.90 Å². The average molecular weight is 290 g/mol. The lowest BCUT2D eigenvalue weighted by molar-refractivity contribution is -0.116. The van der Waals surface area contributed by atoms with E-state index in [1.165, 1.54) is 12.8 Å². The monoisotopic (exact) mass is 290 g/mol. The summed E-state index contributed by atoms with van der Waals surface area (Å²) < 4.78 is 5.16. The van der Waals surface area contributed by atoms with E-state index in [4.69, 9.17) is 4.74 Å². The van der Waals surface area contributed by atoms with E-state index in [0.29, 0.717) is 6.42 Å². The lowest BCUT2D eigenvalue weighted by Gasteiger charge is -2.21. The number of carbonyl (C=O) groups is 1. The van der Waals surface area contributed by atoms with E-state index in [0.717, 1.165) is 43.4 Å². The van der Waals surface area contributed by atoms with Crippen LogP contribution in [0.4, 0.5) is 5.69 Å². The largest absolute Gasteiger partial charge is 0.497 e. The second-order valence-corrected chi connectivity index (χ2v) is 5.77. The molecule has 116 valence electrons. The van der Waals surface area contributed by atoms with Gasteiger partial charge in [0.1, 0.15) is 5.75 Å². The van der Waals surface area contributed by atoms with Gasteiger partial charge in [-0.1, -0.05) is 13.0 Å². The zero-order chi connectivity index (χ0) is 15.1. The van der Waals surface area contributed by atoms with Gasteiger partial charge in [-0.05, 0) is 43.9 Å². The Hall–Kier alpha value is -1.55. The van der Waals surface area contributed by atoms with Gasteiger partial charge in [0.2, 0.25) is 5.91 Å². The third-order valence-electron chi connectivity index (χ3n) is 3.76. The molecule has 1 fully saturated rings. The molecule has 1 aromatic rings. The minimum absolute atomic E-state index is 0.0696. The van der Waals surface area contributed by atoms with E-state index in [9.17, 15) is 4.79 Å². The van der Waals surface area contributed by atoms with Crippen LogP contribution >= 0.6 is 0 Å². The zero-order valence-electron chi connectivity index (χ0n) is 13.1. The van der Waals surface area contributed by atoms with E-state index in [-0.39, 0.29) is 5.91 Å². The number of carbonyl (C=O) groups excluding carboxylic acids is 1. The van der Waals surface area contributed by atoms with Crippen molar-refractivity contribution in [2.75, 3.05) is 32.1 Å². The number of ether oxygens (including phenoxy) is 1. The van der Waals surface area contributed by atoms with Crippen molar-refractivity contribution in [1.29, 1.82) is 0 Å². The maximum atomic E-state index is 12.0. The molecule has 2 rings (SSSR count). The number of nitrogens with one attached hydrogen (secondary N) is 1. The Morgan fingerprint density at radius 2 is 2.19 bits per heavy atom. The summed E-state index contributed by atoms with van der Waals surface area (Å²) >= 11 is 0. The van der Waals surface area contributed by atoms with Crippen LogP contribution in [0.25, 0.3) is 0 Å². The molecule has 1 saturated carbocycles. The lowest BCUT2D eigenvalue weighted by atomic mass is 10.2. The smallest absolute Gasteiger partial charge is 0.225 e. The molecular formula is C17H26N2O2. The fourth-order valence-corrected chi connectivity index (χ4v) is 2.46. The highest BCUT2D eigenvalue weighted by molar-refractivity contribution is 5.90. The van der Waals surface area contributed by atoms with Crippen molar-refractivity contribution in [2.45, 2.75) is 32.6 Å². The Morgan fingerprint density at radius 1 is 1.38 bits per heavy atom. The molecule has 0 radical (unpaired) electrons. The topological polar surface area (TPSA) is 41.6 Å². The zero-order valence-corrected chi connectivity index (χ0v) is 13.1. The Labute approximate surface area is 127 Å². The van der Waals surface area contributed by atoms with Crippen LogP contribution in [0.15, 0.2) is 24.3 Å². The first kappa shape index (κ1) is 15.8. The number of methoxy groups -OCH3 is 1. The van der Waals surface area contributed by atoms with Gasteiger partial charge < -0.3 is 15.0 Å². The second-order valence-electron chi connectivity index (χ2n) is 5.77. The van der Waals surface area contributed by atoms with Gasteiger partial charge >= 0.3 is 0 Å². The Kier molecular flexibility index (Phi) is 6.05. The standard InChI is InChI=1S/C17H26N2O2/c1-3-10-19(13-14-7-8-14)11-9-17(20)18-15-5-4-6-16(12-15)21-2/h4-6,12,14H,3,7-11,13H2,1-2H3,(H,18,20). The highest BCUT2D eigenvalue weighted by atomic mass is 16.5. The molecule has 0 saturated heterocycles. The summed E-state index contributed by atoms with van der Waals surface area (Å²) in [4.78, 5) is 14.5. The van der Waals surface area contributed by atoms with Gasteiger partial charge in [0, 0.05) is 31.3 Å². The SMILES string of the molecule is CCCN(CCC(=O)Nc1cccc(OC)c1)CC1CC1. The third-order valence-corrected chi connectivity index (χ3v) is 3.76. The number of amides is 1. The summed E-state index contributed by atoms with van der Waals surface area (Å²) in [6, 6.07) is 7.47. The fourth-order valence-electron chi connectivity index (χ4n) is 2.46. The minimum Gasteiger partial charge on any atom is -0.497 e. The van der Waals surface area contributed by atoms with Crippen molar-refractivity contribution in [3.05, 3.63) is 24.3 Å². The molecule has 0 spiro atoms. The molecule has 1 aromatic carbocycles. The minimum atomic E-state index is 0.0696. The maximum absolute atomic E-state index is 12.0. The van der Waals surface area contributed by atoms with Crippen molar-refractivity contribution in [2.24, 2.45) is 5.92 Å². The number of rotatable bonds is 9. The van der Waals surface area contributed by atoms with Crippen molar-refractivity contribution >= 4 is 11.6 Å². The van der Waals surface area contributed by atoms with Crippen LogP contribution in [0.5, 0.6) is 5.75 Å². The van der Waals surface area contributed by atoms with Gasteiger partial charge in [0.25, 0.3) is 0 Å². The maximum Gasteiger partial charge on any atom is 0.225 e. The van der Waals surface area contributed by atoms with E-state index >= 15 is 0 Å². The number of anilines is 1. The van der Waals surface area contributed by atoms with Crippen LogP contribution in [0.1, 0.15) is 32.6 Å². The summed E-state index contributed by atoms with van der Waals surface area (Å²) in [7, 11) is 1.63. The van der Waals surface area contributed by atoms with Gasteiger partial charge in [-0.15, -0.1) is 0 Å². The first-order valence-electron chi connectivity index (χ1n) is 7.87.